The van der Waals surface area contributed by atoms with E-state index in [-0.39, 0.29) is 5.92 Å². The third-order valence-electron chi connectivity index (χ3n) is 4.93. The largest absolute Gasteiger partial charge is 0.481 e. The van der Waals surface area contributed by atoms with Gasteiger partial charge in [0.2, 0.25) is 0 Å². The van der Waals surface area contributed by atoms with Gasteiger partial charge < -0.3 is 10.4 Å². The zero-order valence-corrected chi connectivity index (χ0v) is 16.6. The maximum Gasteiger partial charge on any atom is 0.306 e. The number of nitrogens with one attached hydrogen (secondary N) is 1. The van der Waals surface area contributed by atoms with Gasteiger partial charge in [0.1, 0.15) is 11.6 Å². The molecule has 0 amide bonds. The molecule has 0 unspecified atom stereocenters. The summed E-state index contributed by atoms with van der Waals surface area (Å²) in [5, 5.41) is 14.0. The van der Waals surface area contributed by atoms with E-state index >= 15 is 0 Å². The first-order chi connectivity index (χ1) is 13.6. The highest BCUT2D eigenvalue weighted by Gasteiger charge is 2.28. The molecule has 0 radical (unpaired) electrons. The number of halogens is 1. The van der Waals surface area contributed by atoms with Crippen LogP contribution in [0.5, 0.6) is 0 Å². The fourth-order valence-electron chi connectivity index (χ4n) is 3.43. The van der Waals surface area contributed by atoms with E-state index in [9.17, 15) is 4.79 Å². The van der Waals surface area contributed by atoms with Gasteiger partial charge in [-0.15, -0.1) is 11.3 Å². The Bertz CT molecular complexity index is 986. The van der Waals surface area contributed by atoms with Crippen molar-refractivity contribution in [1.82, 2.24) is 15.0 Å². The number of nitrogens with zero attached hydrogens (tertiary/aromatic N) is 3. The normalized spacial score (nSPS) is 19.3. The van der Waals surface area contributed by atoms with Gasteiger partial charge in [0, 0.05) is 23.3 Å². The number of carbonyl (C=O) groups is 1. The molecule has 0 spiro atoms. The van der Waals surface area contributed by atoms with Crippen molar-refractivity contribution in [1.29, 1.82) is 0 Å². The SMILES string of the molecule is O=C(O)[C@H]1CC[C@H](c2ncc(-c3cccc(Nc4cc(Cl)ccn4)n3)s2)CC1. The van der Waals surface area contributed by atoms with Crippen LogP contribution in [0.4, 0.5) is 11.6 Å². The molecule has 3 aromatic rings. The third-order valence-corrected chi connectivity index (χ3v) is 6.35. The predicted octanol–water partition coefficient (Wildman–Crippen LogP) is 5.36. The van der Waals surface area contributed by atoms with Crippen LogP contribution in [0.2, 0.25) is 5.02 Å². The Balaban J connectivity index is 1.47. The molecule has 0 aliphatic heterocycles. The molecule has 0 bridgehead atoms. The molecule has 3 aromatic heterocycles. The van der Waals surface area contributed by atoms with Crippen molar-refractivity contribution in [2.24, 2.45) is 5.92 Å². The summed E-state index contributed by atoms with van der Waals surface area (Å²) in [6.07, 6.45) is 6.69. The van der Waals surface area contributed by atoms with Crippen LogP contribution in [0.3, 0.4) is 0 Å². The lowest BCUT2D eigenvalue weighted by Gasteiger charge is -2.24. The van der Waals surface area contributed by atoms with Crippen molar-refractivity contribution in [2.75, 3.05) is 5.32 Å². The first kappa shape index (κ1) is 18.8. The topological polar surface area (TPSA) is 88.0 Å². The Morgan fingerprint density at radius 3 is 2.71 bits per heavy atom. The zero-order valence-electron chi connectivity index (χ0n) is 15.0. The van der Waals surface area contributed by atoms with Gasteiger partial charge in [0.15, 0.2) is 0 Å². The number of aromatic nitrogens is 3. The van der Waals surface area contributed by atoms with Gasteiger partial charge in [-0.2, -0.15) is 0 Å². The zero-order chi connectivity index (χ0) is 19.5. The van der Waals surface area contributed by atoms with Crippen LogP contribution in [0.15, 0.2) is 42.7 Å². The summed E-state index contributed by atoms with van der Waals surface area (Å²) in [7, 11) is 0. The van der Waals surface area contributed by atoms with E-state index < -0.39 is 5.97 Å². The van der Waals surface area contributed by atoms with Gasteiger partial charge in [0.25, 0.3) is 0 Å². The van der Waals surface area contributed by atoms with Gasteiger partial charge in [-0.1, -0.05) is 17.7 Å². The molecule has 28 heavy (non-hydrogen) atoms. The van der Waals surface area contributed by atoms with Crippen LogP contribution in [-0.2, 0) is 4.79 Å². The Hall–Kier alpha value is -2.51. The summed E-state index contributed by atoms with van der Waals surface area (Å²) in [6, 6.07) is 9.23. The molecule has 2 N–H and O–H groups in total. The minimum Gasteiger partial charge on any atom is -0.481 e. The minimum atomic E-state index is -0.680. The Morgan fingerprint density at radius 2 is 1.96 bits per heavy atom. The molecule has 0 atom stereocenters. The second-order valence-electron chi connectivity index (χ2n) is 6.84. The van der Waals surface area contributed by atoms with E-state index in [1.807, 2.05) is 24.4 Å². The standard InChI is InChI=1S/C20H19ClN4O2S/c21-14-8-9-22-18(10-14)25-17-3-1-2-15(24-17)16-11-23-19(28-16)12-4-6-13(7-5-12)20(26)27/h1-3,8-13H,4-7H2,(H,26,27)(H,22,24,25)/t12-,13-. The second-order valence-corrected chi connectivity index (χ2v) is 8.34. The number of rotatable bonds is 5. The van der Waals surface area contributed by atoms with E-state index in [2.05, 4.69) is 20.3 Å². The summed E-state index contributed by atoms with van der Waals surface area (Å²) in [6.45, 7) is 0. The number of thiazole rings is 1. The summed E-state index contributed by atoms with van der Waals surface area (Å²) >= 11 is 7.64. The number of carboxylic acid groups (broad SMARTS) is 1. The van der Waals surface area contributed by atoms with Crippen LogP contribution in [0, 0.1) is 5.92 Å². The van der Waals surface area contributed by atoms with Gasteiger partial charge in [-0.3, -0.25) is 4.79 Å². The quantitative estimate of drug-likeness (QED) is 0.584. The van der Waals surface area contributed by atoms with Gasteiger partial charge in [-0.25, -0.2) is 15.0 Å². The van der Waals surface area contributed by atoms with Crippen LogP contribution in [0.25, 0.3) is 10.6 Å². The van der Waals surface area contributed by atoms with E-state index in [0.29, 0.717) is 22.6 Å². The number of anilines is 2. The number of hydrogen-bond donors (Lipinski definition) is 2. The van der Waals surface area contributed by atoms with Crippen molar-refractivity contribution in [3.63, 3.8) is 0 Å². The summed E-state index contributed by atoms with van der Waals surface area (Å²) in [4.78, 5) is 25.6. The van der Waals surface area contributed by atoms with E-state index in [0.717, 1.165) is 41.3 Å². The van der Waals surface area contributed by atoms with E-state index in [4.69, 9.17) is 16.7 Å². The Morgan fingerprint density at radius 1 is 1.14 bits per heavy atom. The van der Waals surface area contributed by atoms with Gasteiger partial charge >= 0.3 is 5.97 Å². The van der Waals surface area contributed by atoms with Crippen molar-refractivity contribution >= 4 is 40.5 Å². The lowest BCUT2D eigenvalue weighted by molar-refractivity contribution is -0.142. The average Bonchev–Trinajstić information content (AvgIpc) is 3.19. The number of hydrogen-bond acceptors (Lipinski definition) is 6. The van der Waals surface area contributed by atoms with E-state index in [1.54, 1.807) is 29.7 Å². The average molecular weight is 415 g/mol. The number of carboxylic acids is 1. The fourth-order valence-corrected chi connectivity index (χ4v) is 4.64. The molecule has 1 fully saturated rings. The van der Waals surface area contributed by atoms with E-state index in [1.165, 1.54) is 0 Å². The van der Waals surface area contributed by atoms with Crippen LogP contribution in [-0.4, -0.2) is 26.0 Å². The molecule has 0 saturated heterocycles. The molecule has 4 rings (SSSR count). The minimum absolute atomic E-state index is 0.208. The summed E-state index contributed by atoms with van der Waals surface area (Å²) in [5.74, 6) is 0.772. The second kappa shape index (κ2) is 8.24. The number of aliphatic carboxylic acids is 1. The van der Waals surface area contributed by atoms with Crippen LogP contribution < -0.4 is 5.32 Å². The smallest absolute Gasteiger partial charge is 0.306 e. The van der Waals surface area contributed by atoms with Crippen molar-refractivity contribution in [2.45, 2.75) is 31.6 Å². The molecule has 144 valence electrons. The van der Waals surface area contributed by atoms with Crippen molar-refractivity contribution < 1.29 is 9.90 Å². The summed E-state index contributed by atoms with van der Waals surface area (Å²) < 4.78 is 0. The first-order valence-electron chi connectivity index (χ1n) is 9.13. The Kier molecular flexibility index (Phi) is 5.54. The highest BCUT2D eigenvalue weighted by Crippen LogP contribution is 2.39. The van der Waals surface area contributed by atoms with Gasteiger partial charge in [0.05, 0.1) is 21.5 Å². The molecular formula is C20H19ClN4O2S. The van der Waals surface area contributed by atoms with Crippen molar-refractivity contribution in [3.8, 4) is 10.6 Å². The molecule has 0 aromatic carbocycles. The van der Waals surface area contributed by atoms with Crippen molar-refractivity contribution in [3.05, 3.63) is 52.8 Å². The molecule has 1 aliphatic carbocycles. The number of pyridine rings is 2. The van der Waals surface area contributed by atoms with Crippen LogP contribution in [0.1, 0.15) is 36.6 Å². The molecule has 6 nitrogen and oxygen atoms in total. The summed E-state index contributed by atoms with van der Waals surface area (Å²) in [5.41, 5.74) is 0.843. The predicted molar refractivity (Wildman–Crippen MR) is 110 cm³/mol. The Labute approximate surface area is 171 Å². The first-order valence-corrected chi connectivity index (χ1v) is 10.3. The van der Waals surface area contributed by atoms with Gasteiger partial charge in [-0.05, 0) is 49.9 Å². The van der Waals surface area contributed by atoms with Crippen LogP contribution >= 0.6 is 22.9 Å². The maximum absolute atomic E-state index is 11.1. The highest BCUT2D eigenvalue weighted by molar-refractivity contribution is 7.15. The molecular weight excluding hydrogens is 396 g/mol. The lowest BCUT2D eigenvalue weighted by Crippen LogP contribution is -2.20. The molecule has 8 heteroatoms. The lowest BCUT2D eigenvalue weighted by atomic mass is 9.82. The molecule has 1 aliphatic rings. The fraction of sp³-hybridized carbons (Fsp3) is 0.300. The molecule has 1 saturated carbocycles. The maximum atomic E-state index is 11.1. The molecule has 3 heterocycles. The highest BCUT2D eigenvalue weighted by atomic mass is 35.5. The third kappa shape index (κ3) is 4.31. The monoisotopic (exact) mass is 414 g/mol.